The van der Waals surface area contributed by atoms with Gasteiger partial charge < -0.3 is 10.4 Å². The van der Waals surface area contributed by atoms with Gasteiger partial charge in [0.05, 0.1) is 6.54 Å². The van der Waals surface area contributed by atoms with E-state index in [0.29, 0.717) is 13.0 Å². The molecule has 0 saturated heterocycles. The topological polar surface area (TPSA) is 67.2 Å². The molecule has 1 rings (SSSR count). The summed E-state index contributed by atoms with van der Waals surface area (Å²) in [7, 11) is 0. The Morgan fingerprint density at radius 1 is 1.62 bits per heavy atom. The van der Waals surface area contributed by atoms with E-state index in [1.165, 1.54) is 0 Å². The van der Waals surface area contributed by atoms with Crippen LogP contribution < -0.4 is 5.32 Å². The van der Waals surface area contributed by atoms with E-state index < -0.39 is 12.0 Å². The van der Waals surface area contributed by atoms with Crippen LogP contribution in [-0.2, 0) is 11.3 Å². The second-order valence-electron chi connectivity index (χ2n) is 3.98. The van der Waals surface area contributed by atoms with E-state index in [1.807, 2.05) is 26.1 Å². The lowest BCUT2D eigenvalue weighted by Crippen LogP contribution is -2.43. The number of hydrogen-bond donors (Lipinski definition) is 2. The Morgan fingerprint density at radius 2 is 2.38 bits per heavy atom. The molecule has 2 N–H and O–H groups in total. The summed E-state index contributed by atoms with van der Waals surface area (Å²) in [5.74, 6) is -0.783. The first-order chi connectivity index (χ1) is 7.63. The molecule has 0 amide bonds. The lowest BCUT2D eigenvalue weighted by atomic mass is 10.1. The first kappa shape index (κ1) is 12.7. The van der Waals surface area contributed by atoms with Crippen molar-refractivity contribution < 1.29 is 9.90 Å². The number of nitrogens with one attached hydrogen (secondary N) is 1. The van der Waals surface area contributed by atoms with E-state index in [-0.39, 0.29) is 6.04 Å². The number of nitrogens with zero attached hydrogens (tertiary/aromatic N) is 2. The number of carboxylic acids is 1. The number of hydrogen-bond acceptors (Lipinski definition) is 3. The molecular formula is C11H19N3O2. The number of aromatic nitrogens is 2. The zero-order chi connectivity index (χ0) is 12.0. The fraction of sp³-hybridized carbons (Fsp3) is 0.636. The molecule has 5 nitrogen and oxygen atoms in total. The van der Waals surface area contributed by atoms with Crippen molar-refractivity contribution in [2.45, 2.75) is 45.3 Å². The summed E-state index contributed by atoms with van der Waals surface area (Å²) in [5, 5.41) is 16.2. The second kappa shape index (κ2) is 6.27. The Kier molecular flexibility index (Phi) is 4.98. The third-order valence-corrected chi connectivity index (χ3v) is 2.38. The monoisotopic (exact) mass is 225 g/mol. The summed E-state index contributed by atoms with van der Waals surface area (Å²) in [6, 6.07) is 1.48. The molecule has 1 heterocycles. The van der Waals surface area contributed by atoms with Crippen LogP contribution in [0.25, 0.3) is 0 Å². The highest BCUT2D eigenvalue weighted by Crippen LogP contribution is 2.00. The van der Waals surface area contributed by atoms with Crippen LogP contribution in [0.15, 0.2) is 18.5 Å². The molecule has 0 fully saturated rings. The van der Waals surface area contributed by atoms with Crippen LogP contribution in [-0.4, -0.2) is 32.9 Å². The van der Waals surface area contributed by atoms with Crippen molar-refractivity contribution in [2.75, 3.05) is 0 Å². The molecule has 0 aliphatic heterocycles. The lowest BCUT2D eigenvalue weighted by molar-refractivity contribution is -0.139. The minimum Gasteiger partial charge on any atom is -0.480 e. The number of carbonyl (C=O) groups is 1. The van der Waals surface area contributed by atoms with Gasteiger partial charge in [-0.2, -0.15) is 5.10 Å². The maximum atomic E-state index is 10.9. The smallest absolute Gasteiger partial charge is 0.320 e. The molecule has 0 saturated carbocycles. The molecule has 2 atom stereocenters. The maximum Gasteiger partial charge on any atom is 0.320 e. The van der Waals surface area contributed by atoms with E-state index in [1.54, 1.807) is 10.9 Å². The Balaban J connectivity index is 2.42. The molecule has 5 heteroatoms. The maximum absolute atomic E-state index is 10.9. The standard InChI is InChI=1S/C11H19N3O2/c1-3-5-10(11(15)16)13-9(2)8-14-7-4-6-12-14/h4,6-7,9-10,13H,3,5,8H2,1-2H3,(H,15,16). The van der Waals surface area contributed by atoms with Gasteiger partial charge in [0.25, 0.3) is 0 Å². The van der Waals surface area contributed by atoms with Crippen LogP contribution >= 0.6 is 0 Å². The van der Waals surface area contributed by atoms with E-state index in [0.717, 1.165) is 6.42 Å². The van der Waals surface area contributed by atoms with E-state index in [4.69, 9.17) is 5.11 Å². The molecule has 0 aliphatic rings. The average molecular weight is 225 g/mol. The molecule has 0 aliphatic carbocycles. The van der Waals surface area contributed by atoms with Crippen LogP contribution in [0.3, 0.4) is 0 Å². The van der Waals surface area contributed by atoms with E-state index >= 15 is 0 Å². The Hall–Kier alpha value is -1.36. The minimum absolute atomic E-state index is 0.0903. The zero-order valence-corrected chi connectivity index (χ0v) is 9.76. The van der Waals surface area contributed by atoms with Gasteiger partial charge in [0.2, 0.25) is 0 Å². The van der Waals surface area contributed by atoms with Crippen LogP contribution in [0.5, 0.6) is 0 Å². The Labute approximate surface area is 95.5 Å². The zero-order valence-electron chi connectivity index (χ0n) is 9.76. The van der Waals surface area contributed by atoms with E-state index in [2.05, 4.69) is 10.4 Å². The molecule has 0 aromatic carbocycles. The van der Waals surface area contributed by atoms with Gasteiger partial charge >= 0.3 is 5.97 Å². The van der Waals surface area contributed by atoms with E-state index in [9.17, 15) is 4.79 Å². The van der Waals surface area contributed by atoms with Gasteiger partial charge in [-0.1, -0.05) is 13.3 Å². The summed E-state index contributed by atoms with van der Waals surface area (Å²) in [6.07, 6.45) is 5.10. The molecule has 1 aromatic rings. The quantitative estimate of drug-likeness (QED) is 0.729. The highest BCUT2D eigenvalue weighted by molar-refractivity contribution is 5.73. The average Bonchev–Trinajstić information content (AvgIpc) is 2.69. The van der Waals surface area contributed by atoms with Gasteiger partial charge in [-0.05, 0) is 19.4 Å². The molecule has 0 bridgehead atoms. The van der Waals surface area contributed by atoms with Crippen molar-refractivity contribution in [3.05, 3.63) is 18.5 Å². The summed E-state index contributed by atoms with van der Waals surface area (Å²) in [4.78, 5) is 10.9. The third-order valence-electron chi connectivity index (χ3n) is 2.38. The fourth-order valence-corrected chi connectivity index (χ4v) is 1.65. The van der Waals surface area contributed by atoms with Crippen LogP contribution in [0.1, 0.15) is 26.7 Å². The Morgan fingerprint density at radius 3 is 2.88 bits per heavy atom. The Bertz CT molecular complexity index is 311. The van der Waals surface area contributed by atoms with Crippen molar-refractivity contribution >= 4 is 5.97 Å². The molecule has 1 aromatic heterocycles. The van der Waals surface area contributed by atoms with Crippen LogP contribution in [0, 0.1) is 0 Å². The molecule has 16 heavy (non-hydrogen) atoms. The second-order valence-corrected chi connectivity index (χ2v) is 3.98. The van der Waals surface area contributed by atoms with Crippen molar-refractivity contribution in [1.82, 2.24) is 15.1 Å². The SMILES string of the molecule is CCCC(NC(C)Cn1cccn1)C(=O)O. The lowest BCUT2D eigenvalue weighted by Gasteiger charge is -2.19. The fourth-order valence-electron chi connectivity index (χ4n) is 1.65. The summed E-state index contributed by atoms with van der Waals surface area (Å²) >= 11 is 0. The van der Waals surface area contributed by atoms with Crippen LogP contribution in [0.4, 0.5) is 0 Å². The predicted octanol–water partition coefficient (Wildman–Crippen LogP) is 1.11. The van der Waals surface area contributed by atoms with Gasteiger partial charge in [0.15, 0.2) is 0 Å². The third kappa shape index (κ3) is 4.02. The summed E-state index contributed by atoms with van der Waals surface area (Å²) < 4.78 is 1.79. The molecular weight excluding hydrogens is 206 g/mol. The molecule has 2 unspecified atom stereocenters. The van der Waals surface area contributed by atoms with Gasteiger partial charge in [-0.3, -0.25) is 9.48 Å². The van der Waals surface area contributed by atoms with Gasteiger partial charge in [-0.15, -0.1) is 0 Å². The molecule has 0 radical (unpaired) electrons. The van der Waals surface area contributed by atoms with Crippen LogP contribution in [0.2, 0.25) is 0 Å². The number of aliphatic carboxylic acids is 1. The van der Waals surface area contributed by atoms with Crippen molar-refractivity contribution in [1.29, 1.82) is 0 Å². The first-order valence-corrected chi connectivity index (χ1v) is 5.59. The number of rotatable bonds is 7. The molecule has 90 valence electrons. The largest absolute Gasteiger partial charge is 0.480 e. The highest BCUT2D eigenvalue weighted by Gasteiger charge is 2.18. The summed E-state index contributed by atoms with van der Waals surface area (Å²) in [6.45, 7) is 4.63. The minimum atomic E-state index is -0.783. The van der Waals surface area contributed by atoms with Crippen molar-refractivity contribution in [3.8, 4) is 0 Å². The highest BCUT2D eigenvalue weighted by atomic mass is 16.4. The van der Waals surface area contributed by atoms with Gasteiger partial charge in [0.1, 0.15) is 6.04 Å². The number of carboxylic acid groups (broad SMARTS) is 1. The van der Waals surface area contributed by atoms with Gasteiger partial charge in [-0.25, -0.2) is 0 Å². The van der Waals surface area contributed by atoms with Crippen molar-refractivity contribution in [2.24, 2.45) is 0 Å². The predicted molar refractivity (Wildman–Crippen MR) is 61.2 cm³/mol. The summed E-state index contributed by atoms with van der Waals surface area (Å²) in [5.41, 5.74) is 0. The first-order valence-electron chi connectivity index (χ1n) is 5.59. The van der Waals surface area contributed by atoms with Gasteiger partial charge in [0, 0.05) is 18.4 Å². The normalized spacial score (nSPS) is 14.6. The molecule has 0 spiro atoms. The van der Waals surface area contributed by atoms with Crippen molar-refractivity contribution in [3.63, 3.8) is 0 Å².